The van der Waals surface area contributed by atoms with E-state index < -0.39 is 0 Å². The summed E-state index contributed by atoms with van der Waals surface area (Å²) in [5, 5.41) is 2.99. The first-order valence-corrected chi connectivity index (χ1v) is 12.9. The Morgan fingerprint density at radius 2 is 1.59 bits per heavy atom. The molecule has 3 heterocycles. The highest BCUT2D eigenvalue weighted by atomic mass is 16.2. The van der Waals surface area contributed by atoms with Gasteiger partial charge in [-0.2, -0.15) is 0 Å². The molecule has 0 bridgehead atoms. The van der Waals surface area contributed by atoms with Crippen molar-refractivity contribution in [3.63, 3.8) is 0 Å². The minimum Gasteiger partial charge on any atom is -0.372 e. The monoisotopic (exact) mass is 460 g/mol. The molecule has 0 saturated carbocycles. The number of carbonyl (C=O) groups excluding carboxylic acids is 2. The molecule has 2 aromatic carbocycles. The summed E-state index contributed by atoms with van der Waals surface area (Å²) in [6, 6.07) is 19.2. The highest BCUT2D eigenvalue weighted by Crippen LogP contribution is 2.29. The van der Waals surface area contributed by atoms with Crippen molar-refractivity contribution >= 4 is 23.3 Å². The van der Waals surface area contributed by atoms with Crippen molar-refractivity contribution < 1.29 is 9.59 Å². The predicted molar refractivity (Wildman–Crippen MR) is 136 cm³/mol. The Hall–Kier alpha value is -3.02. The standard InChI is InChI=1S/C28H36N4O2/c33-27-12-9-24(21-29-27)23-7-10-25(11-8-23)30-18-13-22(14-19-30)15-20-31-16-4-17-32(28(31)34)26-5-2-1-3-6-26/h1-3,5-8,10-11,22,24H,4,9,12-21H2,(H,29,33). The van der Waals surface area contributed by atoms with E-state index in [9.17, 15) is 9.59 Å². The van der Waals surface area contributed by atoms with Crippen molar-refractivity contribution in [2.24, 2.45) is 5.92 Å². The summed E-state index contributed by atoms with van der Waals surface area (Å²) in [6.45, 7) is 5.46. The van der Waals surface area contributed by atoms with Crippen LogP contribution < -0.4 is 15.1 Å². The lowest BCUT2D eigenvalue weighted by Crippen LogP contribution is -2.50. The molecule has 3 fully saturated rings. The maximum atomic E-state index is 13.0. The Morgan fingerprint density at radius 3 is 2.29 bits per heavy atom. The average Bonchev–Trinajstić information content (AvgIpc) is 2.89. The molecule has 3 amide bonds. The third kappa shape index (κ3) is 5.21. The number of para-hydroxylation sites is 1. The second-order valence-electron chi connectivity index (χ2n) is 9.96. The van der Waals surface area contributed by atoms with Crippen LogP contribution in [0.4, 0.5) is 16.2 Å². The summed E-state index contributed by atoms with van der Waals surface area (Å²) >= 11 is 0. The largest absolute Gasteiger partial charge is 0.372 e. The molecule has 3 saturated heterocycles. The first kappa shape index (κ1) is 22.8. The number of urea groups is 1. The van der Waals surface area contributed by atoms with Crippen molar-refractivity contribution in [2.45, 2.75) is 44.4 Å². The lowest BCUT2D eigenvalue weighted by Gasteiger charge is -2.38. The van der Waals surface area contributed by atoms with Gasteiger partial charge in [-0.05, 0) is 67.9 Å². The summed E-state index contributed by atoms with van der Waals surface area (Å²) in [5.74, 6) is 1.29. The topological polar surface area (TPSA) is 55.9 Å². The van der Waals surface area contributed by atoms with E-state index in [-0.39, 0.29) is 11.9 Å². The zero-order chi connectivity index (χ0) is 23.3. The fourth-order valence-corrected chi connectivity index (χ4v) is 5.63. The lowest BCUT2D eigenvalue weighted by atomic mass is 9.90. The van der Waals surface area contributed by atoms with E-state index in [2.05, 4.69) is 39.4 Å². The first-order valence-electron chi connectivity index (χ1n) is 12.9. The first-order chi connectivity index (χ1) is 16.7. The van der Waals surface area contributed by atoms with Crippen LogP contribution in [0.15, 0.2) is 54.6 Å². The molecular formula is C28H36N4O2. The van der Waals surface area contributed by atoms with Gasteiger partial charge in [-0.3, -0.25) is 9.69 Å². The van der Waals surface area contributed by atoms with Gasteiger partial charge in [0.25, 0.3) is 0 Å². The van der Waals surface area contributed by atoms with E-state index in [0.29, 0.717) is 18.3 Å². The molecule has 5 rings (SSSR count). The van der Waals surface area contributed by atoms with Gasteiger partial charge in [-0.1, -0.05) is 30.3 Å². The molecule has 1 N–H and O–H groups in total. The number of carbonyl (C=O) groups is 2. The third-order valence-electron chi connectivity index (χ3n) is 7.80. The summed E-state index contributed by atoms with van der Waals surface area (Å²) in [7, 11) is 0. The average molecular weight is 461 g/mol. The van der Waals surface area contributed by atoms with Gasteiger partial charge < -0.3 is 15.1 Å². The molecule has 3 aliphatic heterocycles. The van der Waals surface area contributed by atoms with Crippen molar-refractivity contribution in [1.29, 1.82) is 0 Å². The van der Waals surface area contributed by atoms with Gasteiger partial charge in [0.15, 0.2) is 0 Å². The number of nitrogens with one attached hydrogen (secondary N) is 1. The van der Waals surface area contributed by atoms with E-state index >= 15 is 0 Å². The lowest BCUT2D eigenvalue weighted by molar-refractivity contribution is -0.122. The Labute approximate surface area is 202 Å². The van der Waals surface area contributed by atoms with Crippen molar-refractivity contribution in [2.75, 3.05) is 49.1 Å². The van der Waals surface area contributed by atoms with Crippen LogP contribution in [-0.4, -0.2) is 56.1 Å². The van der Waals surface area contributed by atoms with Gasteiger partial charge in [0.2, 0.25) is 5.91 Å². The number of hydrogen-bond acceptors (Lipinski definition) is 3. The Bertz CT molecular complexity index is 960. The van der Waals surface area contributed by atoms with Crippen LogP contribution in [-0.2, 0) is 4.79 Å². The minimum atomic E-state index is 0.160. The quantitative estimate of drug-likeness (QED) is 0.684. The maximum Gasteiger partial charge on any atom is 0.324 e. The zero-order valence-electron chi connectivity index (χ0n) is 20.0. The van der Waals surface area contributed by atoms with Gasteiger partial charge in [-0.25, -0.2) is 4.79 Å². The van der Waals surface area contributed by atoms with E-state index in [1.165, 1.54) is 24.1 Å². The number of hydrogen-bond donors (Lipinski definition) is 1. The summed E-state index contributed by atoms with van der Waals surface area (Å²) in [5.41, 5.74) is 3.63. The molecule has 180 valence electrons. The number of anilines is 2. The number of rotatable bonds is 6. The second-order valence-corrected chi connectivity index (χ2v) is 9.96. The van der Waals surface area contributed by atoms with Crippen LogP contribution in [0.25, 0.3) is 0 Å². The Balaban J connectivity index is 1.08. The van der Waals surface area contributed by atoms with Crippen LogP contribution >= 0.6 is 0 Å². The molecule has 6 nitrogen and oxygen atoms in total. The van der Waals surface area contributed by atoms with E-state index in [4.69, 9.17) is 0 Å². The minimum absolute atomic E-state index is 0.160. The smallest absolute Gasteiger partial charge is 0.324 e. The molecule has 1 atom stereocenters. The highest BCUT2D eigenvalue weighted by Gasteiger charge is 2.28. The molecule has 0 aromatic heterocycles. The van der Waals surface area contributed by atoms with Crippen LogP contribution in [0.1, 0.15) is 50.0 Å². The predicted octanol–water partition coefficient (Wildman–Crippen LogP) is 4.62. The highest BCUT2D eigenvalue weighted by molar-refractivity contribution is 5.92. The van der Waals surface area contributed by atoms with Crippen LogP contribution in [0.5, 0.6) is 0 Å². The molecule has 1 unspecified atom stereocenters. The fourth-order valence-electron chi connectivity index (χ4n) is 5.63. The number of piperidine rings is 2. The summed E-state index contributed by atoms with van der Waals surface area (Å²) in [6.07, 6.45) is 6.06. The third-order valence-corrected chi connectivity index (χ3v) is 7.80. The fraction of sp³-hybridized carbons (Fsp3) is 0.500. The van der Waals surface area contributed by atoms with E-state index in [1.54, 1.807) is 0 Å². The molecule has 0 radical (unpaired) electrons. The van der Waals surface area contributed by atoms with E-state index in [1.807, 2.05) is 35.2 Å². The molecule has 0 aliphatic carbocycles. The second kappa shape index (κ2) is 10.5. The number of benzene rings is 2. The molecule has 3 aliphatic rings. The van der Waals surface area contributed by atoms with Crippen LogP contribution in [0.3, 0.4) is 0 Å². The number of nitrogens with zero attached hydrogens (tertiary/aromatic N) is 3. The zero-order valence-corrected chi connectivity index (χ0v) is 20.0. The molecule has 0 spiro atoms. The van der Waals surface area contributed by atoms with Gasteiger partial charge in [0.1, 0.15) is 0 Å². The van der Waals surface area contributed by atoms with E-state index in [0.717, 1.165) is 64.2 Å². The normalized spacial score (nSPS) is 22.1. The maximum absolute atomic E-state index is 13.0. The van der Waals surface area contributed by atoms with Crippen LogP contribution in [0, 0.1) is 5.92 Å². The summed E-state index contributed by atoms with van der Waals surface area (Å²) < 4.78 is 0. The molecule has 6 heteroatoms. The Kier molecular flexibility index (Phi) is 7.02. The SMILES string of the molecule is O=C1CCC(c2ccc(N3CCC(CCN4CCCN(c5ccccc5)C4=O)CC3)cc2)CN1. The van der Waals surface area contributed by atoms with Crippen molar-refractivity contribution in [3.05, 3.63) is 60.2 Å². The van der Waals surface area contributed by atoms with Crippen LogP contribution in [0.2, 0.25) is 0 Å². The van der Waals surface area contributed by atoms with Gasteiger partial charge in [0.05, 0.1) is 0 Å². The van der Waals surface area contributed by atoms with Crippen molar-refractivity contribution in [1.82, 2.24) is 10.2 Å². The molecular weight excluding hydrogens is 424 g/mol. The van der Waals surface area contributed by atoms with Gasteiger partial charge in [0, 0.05) is 63.0 Å². The van der Waals surface area contributed by atoms with Gasteiger partial charge >= 0.3 is 6.03 Å². The molecule has 2 aromatic rings. The Morgan fingerprint density at radius 1 is 0.824 bits per heavy atom. The summed E-state index contributed by atoms with van der Waals surface area (Å²) in [4.78, 5) is 30.9. The van der Waals surface area contributed by atoms with Crippen molar-refractivity contribution in [3.8, 4) is 0 Å². The molecule has 34 heavy (non-hydrogen) atoms. The van der Waals surface area contributed by atoms with Gasteiger partial charge in [-0.15, -0.1) is 0 Å². The number of amides is 3.